The van der Waals surface area contributed by atoms with Crippen LogP contribution >= 0.6 is 0 Å². The van der Waals surface area contributed by atoms with E-state index in [9.17, 15) is 9.18 Å². The molecule has 3 rings (SSSR count). The number of hydrogen-bond donors (Lipinski definition) is 0. The molecule has 2 heterocycles. The Morgan fingerprint density at radius 1 is 1.23 bits per heavy atom. The highest BCUT2D eigenvalue weighted by Gasteiger charge is 2.30. The SMILES string of the molecule is CN(C)[C@H](C(=O)N1CCn2cccc2C1)c1cccc(F)c1. The maximum Gasteiger partial charge on any atom is 0.244 e. The van der Waals surface area contributed by atoms with Crippen molar-refractivity contribution in [2.24, 2.45) is 0 Å². The molecule has 0 bridgehead atoms. The largest absolute Gasteiger partial charge is 0.348 e. The van der Waals surface area contributed by atoms with Crippen LogP contribution in [0.3, 0.4) is 0 Å². The van der Waals surface area contributed by atoms with Crippen LogP contribution in [0.2, 0.25) is 0 Å². The Morgan fingerprint density at radius 3 is 2.77 bits per heavy atom. The zero-order valence-electron chi connectivity index (χ0n) is 12.9. The summed E-state index contributed by atoms with van der Waals surface area (Å²) in [6, 6.07) is 9.86. The summed E-state index contributed by atoms with van der Waals surface area (Å²) in [5.41, 5.74) is 1.83. The minimum atomic E-state index is -0.461. The molecule has 1 aromatic carbocycles. The molecule has 0 spiro atoms. The third kappa shape index (κ3) is 2.76. The van der Waals surface area contributed by atoms with Gasteiger partial charge in [-0.25, -0.2) is 4.39 Å². The monoisotopic (exact) mass is 301 g/mol. The van der Waals surface area contributed by atoms with Crippen molar-refractivity contribution in [3.63, 3.8) is 0 Å². The van der Waals surface area contributed by atoms with Crippen molar-refractivity contribution >= 4 is 5.91 Å². The number of aromatic nitrogens is 1. The normalized spacial score (nSPS) is 15.7. The lowest BCUT2D eigenvalue weighted by atomic mass is 10.0. The van der Waals surface area contributed by atoms with E-state index in [1.165, 1.54) is 12.1 Å². The Labute approximate surface area is 129 Å². The molecular formula is C17H20FN3O. The second kappa shape index (κ2) is 5.93. The molecule has 0 N–H and O–H groups in total. The first kappa shape index (κ1) is 14.8. The number of benzene rings is 1. The van der Waals surface area contributed by atoms with Gasteiger partial charge in [-0.2, -0.15) is 0 Å². The van der Waals surface area contributed by atoms with Gasteiger partial charge in [-0.05, 0) is 43.9 Å². The van der Waals surface area contributed by atoms with Crippen LogP contribution in [-0.4, -0.2) is 40.9 Å². The standard InChI is InChI=1S/C17H20FN3O/c1-19(2)16(13-5-3-6-14(18)11-13)17(22)21-10-9-20-8-4-7-15(20)12-21/h3-8,11,16H,9-10,12H2,1-2H3/t16-/m0/s1. The van der Waals surface area contributed by atoms with Crippen LogP contribution in [0.5, 0.6) is 0 Å². The minimum absolute atomic E-state index is 0.0167. The molecule has 0 saturated carbocycles. The molecule has 1 atom stereocenters. The highest BCUT2D eigenvalue weighted by atomic mass is 19.1. The summed E-state index contributed by atoms with van der Waals surface area (Å²) in [7, 11) is 3.69. The number of amides is 1. The van der Waals surface area contributed by atoms with Gasteiger partial charge in [0.2, 0.25) is 5.91 Å². The zero-order chi connectivity index (χ0) is 15.7. The van der Waals surface area contributed by atoms with Crippen LogP contribution in [0.15, 0.2) is 42.6 Å². The van der Waals surface area contributed by atoms with E-state index in [0.29, 0.717) is 18.7 Å². The van der Waals surface area contributed by atoms with Crippen molar-refractivity contribution in [2.75, 3.05) is 20.6 Å². The average molecular weight is 301 g/mol. The van der Waals surface area contributed by atoms with Gasteiger partial charge in [-0.1, -0.05) is 12.1 Å². The van der Waals surface area contributed by atoms with Crippen LogP contribution in [0.25, 0.3) is 0 Å². The fraction of sp³-hybridized carbons (Fsp3) is 0.353. The van der Waals surface area contributed by atoms with Gasteiger partial charge in [0, 0.05) is 25.0 Å². The van der Waals surface area contributed by atoms with Gasteiger partial charge in [-0.15, -0.1) is 0 Å². The summed E-state index contributed by atoms with van der Waals surface area (Å²) in [6.45, 7) is 2.09. The number of carbonyl (C=O) groups excluding carboxylic acids is 1. The predicted molar refractivity (Wildman–Crippen MR) is 82.7 cm³/mol. The maximum absolute atomic E-state index is 13.5. The van der Waals surface area contributed by atoms with Crippen LogP contribution in [-0.2, 0) is 17.9 Å². The number of carbonyl (C=O) groups is 1. The van der Waals surface area contributed by atoms with Crippen molar-refractivity contribution in [1.82, 2.24) is 14.4 Å². The number of nitrogens with zero attached hydrogens (tertiary/aromatic N) is 3. The minimum Gasteiger partial charge on any atom is -0.348 e. The second-order valence-corrected chi connectivity index (χ2v) is 5.87. The van der Waals surface area contributed by atoms with E-state index < -0.39 is 6.04 Å². The van der Waals surface area contributed by atoms with E-state index in [2.05, 4.69) is 4.57 Å². The first-order chi connectivity index (χ1) is 10.6. The van der Waals surface area contributed by atoms with Crippen LogP contribution in [0, 0.1) is 5.82 Å². The molecule has 1 aromatic heterocycles. The molecule has 0 fully saturated rings. The third-order valence-electron chi connectivity index (χ3n) is 4.11. The summed E-state index contributed by atoms with van der Waals surface area (Å²) < 4.78 is 15.7. The first-order valence-corrected chi connectivity index (χ1v) is 7.41. The van der Waals surface area contributed by atoms with E-state index in [4.69, 9.17) is 0 Å². The van der Waals surface area contributed by atoms with Crippen molar-refractivity contribution < 1.29 is 9.18 Å². The molecule has 1 aliphatic rings. The van der Waals surface area contributed by atoms with Crippen molar-refractivity contribution in [2.45, 2.75) is 19.1 Å². The van der Waals surface area contributed by atoms with Crippen molar-refractivity contribution in [1.29, 1.82) is 0 Å². The average Bonchev–Trinajstić information content (AvgIpc) is 2.94. The maximum atomic E-state index is 13.5. The van der Waals surface area contributed by atoms with Crippen LogP contribution in [0.4, 0.5) is 4.39 Å². The lowest BCUT2D eigenvalue weighted by Gasteiger charge is -2.34. The zero-order valence-corrected chi connectivity index (χ0v) is 12.9. The number of likely N-dealkylation sites (N-methyl/N-ethyl adjacent to an activating group) is 1. The molecule has 22 heavy (non-hydrogen) atoms. The molecule has 116 valence electrons. The molecule has 4 nitrogen and oxygen atoms in total. The summed E-state index contributed by atoms with van der Waals surface area (Å²) >= 11 is 0. The van der Waals surface area contributed by atoms with E-state index in [0.717, 1.165) is 12.2 Å². The molecular weight excluding hydrogens is 281 g/mol. The van der Waals surface area contributed by atoms with Gasteiger partial charge in [-0.3, -0.25) is 9.69 Å². The smallest absolute Gasteiger partial charge is 0.244 e. The molecule has 5 heteroatoms. The Hall–Kier alpha value is -2.14. The summed E-state index contributed by atoms with van der Waals surface area (Å²) in [6.07, 6.45) is 2.03. The molecule has 0 aliphatic carbocycles. The molecule has 1 amide bonds. The molecule has 0 unspecified atom stereocenters. The molecule has 0 saturated heterocycles. The first-order valence-electron chi connectivity index (χ1n) is 7.41. The Bertz CT molecular complexity index is 680. The molecule has 0 radical (unpaired) electrons. The lowest BCUT2D eigenvalue weighted by molar-refractivity contribution is -0.137. The highest BCUT2D eigenvalue weighted by Crippen LogP contribution is 2.24. The quantitative estimate of drug-likeness (QED) is 0.870. The Kier molecular flexibility index (Phi) is 3.98. The summed E-state index contributed by atoms with van der Waals surface area (Å²) in [5.74, 6) is -0.298. The predicted octanol–water partition coefficient (Wildman–Crippen LogP) is 2.27. The Morgan fingerprint density at radius 2 is 2.05 bits per heavy atom. The van der Waals surface area contributed by atoms with Gasteiger partial charge in [0.15, 0.2) is 0 Å². The molecule has 2 aromatic rings. The lowest BCUT2D eigenvalue weighted by Crippen LogP contribution is -2.44. The number of rotatable bonds is 3. The van der Waals surface area contributed by atoms with Gasteiger partial charge in [0.1, 0.15) is 11.9 Å². The topological polar surface area (TPSA) is 28.5 Å². The van der Waals surface area contributed by atoms with Gasteiger partial charge < -0.3 is 9.47 Å². The highest BCUT2D eigenvalue weighted by molar-refractivity contribution is 5.83. The van der Waals surface area contributed by atoms with Crippen LogP contribution in [0.1, 0.15) is 17.3 Å². The van der Waals surface area contributed by atoms with E-state index in [1.807, 2.05) is 42.2 Å². The van der Waals surface area contributed by atoms with Gasteiger partial charge >= 0.3 is 0 Å². The van der Waals surface area contributed by atoms with Crippen molar-refractivity contribution in [3.05, 3.63) is 59.7 Å². The number of hydrogen-bond acceptors (Lipinski definition) is 2. The number of halogens is 1. The Balaban J connectivity index is 1.85. The fourth-order valence-corrected chi connectivity index (χ4v) is 3.01. The van der Waals surface area contributed by atoms with Gasteiger partial charge in [0.25, 0.3) is 0 Å². The van der Waals surface area contributed by atoms with E-state index >= 15 is 0 Å². The van der Waals surface area contributed by atoms with E-state index in [-0.39, 0.29) is 11.7 Å². The third-order valence-corrected chi connectivity index (χ3v) is 4.11. The molecule has 1 aliphatic heterocycles. The van der Waals surface area contributed by atoms with E-state index in [1.54, 1.807) is 12.1 Å². The second-order valence-electron chi connectivity index (χ2n) is 5.87. The summed E-state index contributed by atoms with van der Waals surface area (Å²) in [4.78, 5) is 16.6. The summed E-state index contributed by atoms with van der Waals surface area (Å²) in [5, 5.41) is 0. The van der Waals surface area contributed by atoms with Gasteiger partial charge in [0.05, 0.1) is 6.54 Å². The fourth-order valence-electron chi connectivity index (χ4n) is 3.01. The number of fused-ring (bicyclic) bond motifs is 1. The van der Waals surface area contributed by atoms with Crippen molar-refractivity contribution in [3.8, 4) is 0 Å². The van der Waals surface area contributed by atoms with Crippen LogP contribution < -0.4 is 0 Å².